The Labute approximate surface area is 166 Å². The molecule has 2 aliphatic rings. The van der Waals surface area contributed by atoms with Crippen molar-refractivity contribution in [2.75, 3.05) is 18.4 Å². The standard InChI is InChI=1S/C18H21F2N5O3S/c19-14-5-4-13(10-15(14)20)29(27,28)25-8-6-12(7-9-25)17(26)22-18-21-16(23-24-18)11-2-1-3-11/h4-5,10-12H,1-3,6-9H2,(H2,21,22,23,24,26). The van der Waals surface area contributed by atoms with Crippen LogP contribution in [0.2, 0.25) is 0 Å². The Balaban J connectivity index is 1.35. The normalized spacial score (nSPS) is 19.1. The minimum absolute atomic E-state index is 0.112. The summed E-state index contributed by atoms with van der Waals surface area (Å²) in [6, 6.07) is 2.50. The zero-order valence-corrected chi connectivity index (χ0v) is 16.4. The van der Waals surface area contributed by atoms with Gasteiger partial charge in [0.25, 0.3) is 0 Å². The monoisotopic (exact) mass is 425 g/mol. The van der Waals surface area contributed by atoms with Crippen molar-refractivity contribution in [2.24, 2.45) is 5.92 Å². The molecule has 1 amide bonds. The molecule has 1 aromatic heterocycles. The fourth-order valence-corrected chi connectivity index (χ4v) is 5.03. The van der Waals surface area contributed by atoms with Crippen molar-refractivity contribution < 1.29 is 22.0 Å². The van der Waals surface area contributed by atoms with Crippen LogP contribution in [-0.4, -0.2) is 46.9 Å². The highest BCUT2D eigenvalue weighted by molar-refractivity contribution is 7.89. The van der Waals surface area contributed by atoms with E-state index in [9.17, 15) is 22.0 Å². The second-order valence-electron chi connectivity index (χ2n) is 7.42. The van der Waals surface area contributed by atoms with Crippen molar-refractivity contribution in [3.05, 3.63) is 35.7 Å². The van der Waals surface area contributed by atoms with Gasteiger partial charge in [-0.3, -0.25) is 15.2 Å². The summed E-state index contributed by atoms with van der Waals surface area (Å²) < 4.78 is 52.9. The third-order valence-corrected chi connectivity index (χ3v) is 7.48. The van der Waals surface area contributed by atoms with E-state index < -0.39 is 21.7 Å². The molecule has 1 aromatic carbocycles. The van der Waals surface area contributed by atoms with Gasteiger partial charge in [-0.2, -0.15) is 9.29 Å². The van der Waals surface area contributed by atoms with Crippen molar-refractivity contribution >= 4 is 21.9 Å². The molecular formula is C18H21F2N5O3S. The van der Waals surface area contributed by atoms with Gasteiger partial charge in [0, 0.05) is 24.9 Å². The molecule has 8 nitrogen and oxygen atoms in total. The first-order valence-corrected chi connectivity index (χ1v) is 11.0. The van der Waals surface area contributed by atoms with Crippen LogP contribution in [0.25, 0.3) is 0 Å². The second kappa shape index (κ2) is 7.79. The lowest BCUT2D eigenvalue weighted by Gasteiger charge is -2.30. The molecule has 0 unspecified atom stereocenters. The van der Waals surface area contributed by atoms with E-state index in [-0.39, 0.29) is 35.8 Å². The van der Waals surface area contributed by atoms with Gasteiger partial charge in [0.2, 0.25) is 21.9 Å². The Hall–Kier alpha value is -2.40. The Morgan fingerprint density at radius 3 is 2.48 bits per heavy atom. The van der Waals surface area contributed by atoms with Crippen LogP contribution in [0, 0.1) is 17.6 Å². The first-order valence-electron chi connectivity index (χ1n) is 9.53. The quantitative estimate of drug-likeness (QED) is 0.765. The average Bonchev–Trinajstić information content (AvgIpc) is 3.10. The van der Waals surface area contributed by atoms with Gasteiger partial charge in [0.15, 0.2) is 11.6 Å². The zero-order valence-electron chi connectivity index (χ0n) is 15.6. The van der Waals surface area contributed by atoms with Crippen LogP contribution in [0.3, 0.4) is 0 Å². The summed E-state index contributed by atoms with van der Waals surface area (Å²) in [5.74, 6) is -1.57. The van der Waals surface area contributed by atoms with Crippen molar-refractivity contribution in [1.29, 1.82) is 0 Å². The van der Waals surface area contributed by atoms with Crippen LogP contribution in [-0.2, 0) is 14.8 Å². The van der Waals surface area contributed by atoms with E-state index in [4.69, 9.17) is 0 Å². The maximum absolute atomic E-state index is 13.4. The van der Waals surface area contributed by atoms with Crippen LogP contribution >= 0.6 is 0 Å². The van der Waals surface area contributed by atoms with Crippen LogP contribution in [0.4, 0.5) is 14.7 Å². The van der Waals surface area contributed by atoms with Gasteiger partial charge in [-0.05, 0) is 43.9 Å². The van der Waals surface area contributed by atoms with E-state index in [1.54, 1.807) is 0 Å². The fraction of sp³-hybridized carbons (Fsp3) is 0.500. The Kier molecular flexibility index (Phi) is 5.34. The number of aromatic nitrogens is 3. The van der Waals surface area contributed by atoms with Gasteiger partial charge < -0.3 is 0 Å². The van der Waals surface area contributed by atoms with E-state index in [2.05, 4.69) is 20.5 Å². The Morgan fingerprint density at radius 2 is 1.86 bits per heavy atom. The number of carbonyl (C=O) groups excluding carboxylic acids is 1. The van der Waals surface area contributed by atoms with Gasteiger partial charge in [-0.15, -0.1) is 5.10 Å². The molecule has 2 fully saturated rings. The van der Waals surface area contributed by atoms with Crippen LogP contribution in [0.5, 0.6) is 0 Å². The molecule has 0 bridgehead atoms. The molecule has 1 saturated carbocycles. The molecule has 11 heteroatoms. The molecule has 2 N–H and O–H groups in total. The predicted octanol–water partition coefficient (Wildman–Crippen LogP) is 2.39. The first-order chi connectivity index (χ1) is 13.8. The number of nitrogens with one attached hydrogen (secondary N) is 2. The van der Waals surface area contributed by atoms with E-state index in [1.807, 2.05) is 0 Å². The number of aromatic amines is 1. The van der Waals surface area contributed by atoms with Gasteiger partial charge in [0.05, 0.1) is 4.90 Å². The average molecular weight is 425 g/mol. The summed E-state index contributed by atoms with van der Waals surface area (Å²) in [5, 5.41) is 9.55. The number of rotatable bonds is 5. The lowest BCUT2D eigenvalue weighted by molar-refractivity contribution is -0.121. The number of hydrogen-bond acceptors (Lipinski definition) is 5. The molecular weight excluding hydrogens is 404 g/mol. The topological polar surface area (TPSA) is 108 Å². The third kappa shape index (κ3) is 4.01. The lowest BCUT2D eigenvalue weighted by Crippen LogP contribution is -2.41. The number of anilines is 1. The molecule has 2 heterocycles. The maximum Gasteiger partial charge on any atom is 0.248 e. The molecule has 1 aliphatic heterocycles. The van der Waals surface area contributed by atoms with Gasteiger partial charge in [-0.25, -0.2) is 17.2 Å². The van der Waals surface area contributed by atoms with E-state index in [1.165, 1.54) is 10.7 Å². The van der Waals surface area contributed by atoms with Gasteiger partial charge in [0.1, 0.15) is 5.82 Å². The summed E-state index contributed by atoms with van der Waals surface area (Å²) in [7, 11) is -3.95. The molecule has 0 atom stereocenters. The number of hydrogen-bond donors (Lipinski definition) is 2. The number of amides is 1. The maximum atomic E-state index is 13.4. The molecule has 1 saturated heterocycles. The Morgan fingerprint density at radius 1 is 1.14 bits per heavy atom. The molecule has 4 rings (SSSR count). The van der Waals surface area contributed by atoms with Crippen molar-refractivity contribution in [2.45, 2.75) is 42.9 Å². The summed E-state index contributed by atoms with van der Waals surface area (Å²) in [5.41, 5.74) is 0. The molecule has 1 aliphatic carbocycles. The summed E-state index contributed by atoms with van der Waals surface area (Å²) in [6.45, 7) is 0.224. The first kappa shape index (κ1) is 19.9. The molecule has 156 valence electrons. The number of piperidine rings is 1. The minimum Gasteiger partial charge on any atom is -0.293 e. The summed E-state index contributed by atoms with van der Waals surface area (Å²) in [4.78, 5) is 16.5. The van der Waals surface area contributed by atoms with Gasteiger partial charge >= 0.3 is 0 Å². The largest absolute Gasteiger partial charge is 0.293 e. The van der Waals surface area contributed by atoms with Crippen molar-refractivity contribution in [3.8, 4) is 0 Å². The van der Waals surface area contributed by atoms with E-state index in [0.29, 0.717) is 24.8 Å². The number of halogens is 2. The third-order valence-electron chi connectivity index (χ3n) is 5.58. The van der Waals surface area contributed by atoms with E-state index in [0.717, 1.165) is 30.8 Å². The van der Waals surface area contributed by atoms with Crippen molar-refractivity contribution in [1.82, 2.24) is 19.5 Å². The summed E-state index contributed by atoms with van der Waals surface area (Å²) in [6.07, 6.45) is 3.92. The highest BCUT2D eigenvalue weighted by atomic mass is 32.2. The number of carbonyl (C=O) groups is 1. The molecule has 2 aromatic rings. The SMILES string of the molecule is O=C(Nc1n[nH]c(C2CCC2)n1)C1CCN(S(=O)(=O)c2ccc(F)c(F)c2)CC1. The molecule has 0 radical (unpaired) electrons. The fourth-order valence-electron chi connectivity index (χ4n) is 3.55. The second-order valence-corrected chi connectivity index (χ2v) is 9.35. The number of sulfonamides is 1. The highest BCUT2D eigenvalue weighted by Gasteiger charge is 2.33. The molecule has 29 heavy (non-hydrogen) atoms. The van der Waals surface area contributed by atoms with Crippen LogP contribution < -0.4 is 5.32 Å². The lowest BCUT2D eigenvalue weighted by atomic mass is 9.85. The number of nitrogens with zero attached hydrogens (tertiary/aromatic N) is 3. The van der Waals surface area contributed by atoms with Crippen molar-refractivity contribution in [3.63, 3.8) is 0 Å². The number of benzene rings is 1. The Bertz CT molecular complexity index is 1010. The smallest absolute Gasteiger partial charge is 0.248 e. The minimum atomic E-state index is -3.95. The number of H-pyrrole nitrogens is 1. The van der Waals surface area contributed by atoms with E-state index >= 15 is 0 Å². The highest BCUT2D eigenvalue weighted by Crippen LogP contribution is 2.34. The van der Waals surface area contributed by atoms with Gasteiger partial charge in [-0.1, -0.05) is 6.42 Å². The zero-order chi connectivity index (χ0) is 20.6. The van der Waals surface area contributed by atoms with Crippen LogP contribution in [0.15, 0.2) is 23.1 Å². The molecule has 0 spiro atoms. The summed E-state index contributed by atoms with van der Waals surface area (Å²) >= 11 is 0. The van der Waals surface area contributed by atoms with Crippen LogP contribution in [0.1, 0.15) is 43.8 Å². The predicted molar refractivity (Wildman–Crippen MR) is 99.4 cm³/mol.